The fourth-order valence-electron chi connectivity index (χ4n) is 3.95. The van der Waals surface area contributed by atoms with Gasteiger partial charge in [-0.05, 0) is 62.7 Å². The molecule has 1 heterocycles. The fraction of sp³-hybridized carbons (Fsp3) is 0.889. The quantitative estimate of drug-likeness (QED) is 0.839. The van der Waals surface area contributed by atoms with Crippen LogP contribution in [0.1, 0.15) is 78.1 Å². The van der Waals surface area contributed by atoms with Gasteiger partial charge in [0.15, 0.2) is 0 Å². The first-order chi connectivity index (χ1) is 10.4. The maximum absolute atomic E-state index is 12.7. The molecule has 22 heavy (non-hydrogen) atoms. The smallest absolute Gasteiger partial charge is 0.303 e. The van der Waals surface area contributed by atoms with Crippen LogP contribution in [0.2, 0.25) is 0 Å². The number of carbonyl (C=O) groups is 2. The first kappa shape index (κ1) is 17.3. The van der Waals surface area contributed by atoms with Gasteiger partial charge < -0.3 is 10.0 Å². The number of piperidine rings is 1. The number of rotatable bonds is 5. The molecule has 1 atom stereocenters. The third kappa shape index (κ3) is 4.99. The molecule has 2 fully saturated rings. The number of carboxylic acids is 1. The van der Waals surface area contributed by atoms with Crippen LogP contribution in [0, 0.1) is 11.3 Å². The van der Waals surface area contributed by atoms with Crippen LogP contribution < -0.4 is 0 Å². The molecule has 1 N–H and O–H groups in total. The zero-order chi connectivity index (χ0) is 16.2. The summed E-state index contributed by atoms with van der Waals surface area (Å²) in [4.78, 5) is 25.4. The van der Waals surface area contributed by atoms with Gasteiger partial charge in [-0.15, -0.1) is 0 Å². The van der Waals surface area contributed by atoms with Crippen molar-refractivity contribution in [2.45, 2.75) is 84.1 Å². The first-order valence-corrected chi connectivity index (χ1v) is 8.89. The standard InChI is InChI=1S/C18H31NO3/c1-18(2)10-8-14(9-11-18)13-16(20)19-12-4-3-5-15(19)6-7-17(21)22/h14-15H,3-13H2,1-2H3,(H,21,22). The largest absolute Gasteiger partial charge is 0.481 e. The number of aliphatic carboxylic acids is 1. The highest BCUT2D eigenvalue weighted by molar-refractivity contribution is 5.77. The summed E-state index contributed by atoms with van der Waals surface area (Å²) in [6, 6.07) is 0.150. The van der Waals surface area contributed by atoms with Gasteiger partial charge in [0.05, 0.1) is 0 Å². The monoisotopic (exact) mass is 309 g/mol. The van der Waals surface area contributed by atoms with Crippen LogP contribution in [0.25, 0.3) is 0 Å². The minimum atomic E-state index is -0.757. The van der Waals surface area contributed by atoms with Crippen LogP contribution in [0.4, 0.5) is 0 Å². The molecule has 0 radical (unpaired) electrons. The highest BCUT2D eigenvalue weighted by Gasteiger charge is 2.31. The lowest BCUT2D eigenvalue weighted by Gasteiger charge is -2.38. The van der Waals surface area contributed by atoms with Gasteiger partial charge in [-0.1, -0.05) is 13.8 Å². The van der Waals surface area contributed by atoms with Crippen LogP contribution in [0.5, 0.6) is 0 Å². The fourth-order valence-corrected chi connectivity index (χ4v) is 3.95. The topological polar surface area (TPSA) is 57.6 Å². The second-order valence-corrected chi connectivity index (χ2v) is 7.98. The highest BCUT2D eigenvalue weighted by atomic mass is 16.4. The van der Waals surface area contributed by atoms with Gasteiger partial charge in [0.1, 0.15) is 0 Å². The second kappa shape index (κ2) is 7.47. The predicted molar refractivity (Wildman–Crippen MR) is 86.6 cm³/mol. The van der Waals surface area contributed by atoms with E-state index in [1.54, 1.807) is 0 Å². The first-order valence-electron chi connectivity index (χ1n) is 8.89. The Labute approximate surface area is 134 Å². The Balaban J connectivity index is 1.85. The number of likely N-dealkylation sites (tertiary alicyclic amines) is 1. The zero-order valence-corrected chi connectivity index (χ0v) is 14.1. The molecule has 0 aromatic rings. The van der Waals surface area contributed by atoms with Crippen molar-refractivity contribution >= 4 is 11.9 Å². The molecule has 4 nitrogen and oxygen atoms in total. The number of hydrogen-bond donors (Lipinski definition) is 1. The van der Waals surface area contributed by atoms with Crippen molar-refractivity contribution < 1.29 is 14.7 Å². The summed E-state index contributed by atoms with van der Waals surface area (Å²) in [5, 5.41) is 8.88. The molecule has 2 rings (SSSR count). The molecule has 1 aliphatic carbocycles. The zero-order valence-electron chi connectivity index (χ0n) is 14.1. The predicted octanol–water partition coefficient (Wildman–Crippen LogP) is 3.84. The van der Waals surface area contributed by atoms with Crippen molar-refractivity contribution in [3.63, 3.8) is 0 Å². The van der Waals surface area contributed by atoms with Gasteiger partial charge in [-0.3, -0.25) is 9.59 Å². The van der Waals surface area contributed by atoms with Gasteiger partial charge in [-0.2, -0.15) is 0 Å². The Bertz CT molecular complexity index is 395. The third-order valence-corrected chi connectivity index (χ3v) is 5.56. The molecule has 2 aliphatic rings. The van der Waals surface area contributed by atoms with E-state index in [0.29, 0.717) is 24.2 Å². The van der Waals surface area contributed by atoms with Gasteiger partial charge in [0.25, 0.3) is 0 Å². The molecule has 1 unspecified atom stereocenters. The van der Waals surface area contributed by atoms with E-state index in [2.05, 4.69) is 13.8 Å². The molecule has 0 aromatic heterocycles. The maximum Gasteiger partial charge on any atom is 0.303 e. The average molecular weight is 309 g/mol. The van der Waals surface area contributed by atoms with Gasteiger partial charge >= 0.3 is 5.97 Å². The van der Waals surface area contributed by atoms with Crippen molar-refractivity contribution in [2.75, 3.05) is 6.54 Å². The van der Waals surface area contributed by atoms with Crippen LogP contribution >= 0.6 is 0 Å². The van der Waals surface area contributed by atoms with Crippen molar-refractivity contribution in [3.05, 3.63) is 0 Å². The van der Waals surface area contributed by atoms with Gasteiger partial charge in [0, 0.05) is 25.4 Å². The van der Waals surface area contributed by atoms with Gasteiger partial charge in [-0.25, -0.2) is 0 Å². The summed E-state index contributed by atoms with van der Waals surface area (Å²) < 4.78 is 0. The number of hydrogen-bond acceptors (Lipinski definition) is 2. The molecule has 1 saturated heterocycles. The molecule has 0 bridgehead atoms. The Morgan fingerprint density at radius 3 is 2.45 bits per heavy atom. The van der Waals surface area contributed by atoms with Crippen LogP contribution in [-0.4, -0.2) is 34.5 Å². The molecule has 1 aliphatic heterocycles. The number of nitrogens with zero attached hydrogens (tertiary/aromatic N) is 1. The van der Waals surface area contributed by atoms with E-state index in [1.165, 1.54) is 12.8 Å². The van der Waals surface area contributed by atoms with Crippen LogP contribution in [0.3, 0.4) is 0 Å². The number of amides is 1. The molecule has 0 aromatic carbocycles. The van der Waals surface area contributed by atoms with Crippen LogP contribution in [0.15, 0.2) is 0 Å². The summed E-state index contributed by atoms with van der Waals surface area (Å²) in [5.41, 5.74) is 0.439. The minimum Gasteiger partial charge on any atom is -0.481 e. The molecule has 0 spiro atoms. The summed E-state index contributed by atoms with van der Waals surface area (Å²) in [6.07, 6.45) is 9.35. The van der Waals surface area contributed by atoms with Crippen molar-refractivity contribution in [3.8, 4) is 0 Å². The number of carbonyl (C=O) groups excluding carboxylic acids is 1. The van der Waals surface area contributed by atoms with Crippen LogP contribution in [-0.2, 0) is 9.59 Å². The Kier molecular flexibility index (Phi) is 5.87. The lowest BCUT2D eigenvalue weighted by molar-refractivity contribution is -0.140. The SMILES string of the molecule is CC1(C)CCC(CC(=O)N2CCCCC2CCC(=O)O)CC1. The highest BCUT2D eigenvalue weighted by Crippen LogP contribution is 2.39. The Hall–Kier alpha value is -1.06. The van der Waals surface area contributed by atoms with E-state index < -0.39 is 5.97 Å². The summed E-state index contributed by atoms with van der Waals surface area (Å²) in [6.45, 7) is 5.45. The molecule has 1 saturated carbocycles. The Morgan fingerprint density at radius 1 is 1.14 bits per heavy atom. The maximum atomic E-state index is 12.7. The third-order valence-electron chi connectivity index (χ3n) is 5.56. The second-order valence-electron chi connectivity index (χ2n) is 7.98. The van der Waals surface area contributed by atoms with E-state index >= 15 is 0 Å². The van der Waals surface area contributed by atoms with E-state index in [4.69, 9.17) is 5.11 Å². The van der Waals surface area contributed by atoms with E-state index in [-0.39, 0.29) is 18.4 Å². The summed E-state index contributed by atoms with van der Waals surface area (Å²) >= 11 is 0. The van der Waals surface area contributed by atoms with Crippen molar-refractivity contribution in [1.29, 1.82) is 0 Å². The van der Waals surface area contributed by atoms with Gasteiger partial charge in [0.2, 0.25) is 5.91 Å². The van der Waals surface area contributed by atoms with E-state index in [0.717, 1.165) is 38.6 Å². The lowest BCUT2D eigenvalue weighted by Crippen LogP contribution is -2.44. The molecular weight excluding hydrogens is 278 g/mol. The normalized spacial score (nSPS) is 25.9. The van der Waals surface area contributed by atoms with Crippen molar-refractivity contribution in [1.82, 2.24) is 4.90 Å². The molecule has 1 amide bonds. The van der Waals surface area contributed by atoms with Crippen molar-refractivity contribution in [2.24, 2.45) is 11.3 Å². The molecule has 4 heteroatoms. The van der Waals surface area contributed by atoms with E-state index in [1.807, 2.05) is 4.90 Å². The molecule has 126 valence electrons. The average Bonchev–Trinajstić information content (AvgIpc) is 2.47. The number of carboxylic acid groups (broad SMARTS) is 1. The summed E-state index contributed by atoms with van der Waals surface area (Å²) in [7, 11) is 0. The molecular formula is C18H31NO3. The Morgan fingerprint density at radius 2 is 1.82 bits per heavy atom. The summed E-state index contributed by atoms with van der Waals surface area (Å²) in [5.74, 6) is 0.0369. The lowest BCUT2D eigenvalue weighted by atomic mass is 9.72. The minimum absolute atomic E-state index is 0.150. The van der Waals surface area contributed by atoms with E-state index in [9.17, 15) is 9.59 Å².